The van der Waals surface area contributed by atoms with Gasteiger partial charge in [-0.25, -0.2) is 0 Å². The highest BCUT2D eigenvalue weighted by Crippen LogP contribution is 2.16. The molecule has 0 aliphatic carbocycles. The molecule has 25 heavy (non-hydrogen) atoms. The predicted octanol–water partition coefficient (Wildman–Crippen LogP) is 2.49. The highest BCUT2D eigenvalue weighted by molar-refractivity contribution is 5.70. The molecular weight excluding hydrogens is 320 g/mol. The Morgan fingerprint density at radius 1 is 0.760 bits per heavy atom. The summed E-state index contributed by atoms with van der Waals surface area (Å²) in [5.74, 6) is 0.881. The molecule has 0 aromatic rings. The van der Waals surface area contributed by atoms with Gasteiger partial charge in [0.1, 0.15) is 0 Å². The first-order valence-electron chi connectivity index (χ1n) is 9.49. The molecule has 4 N–H and O–H groups in total. The van der Waals surface area contributed by atoms with Crippen molar-refractivity contribution in [2.75, 3.05) is 26.3 Å². The number of hydrogen-bond donors (Lipinski definition) is 2. The third kappa shape index (κ3) is 13.8. The summed E-state index contributed by atoms with van der Waals surface area (Å²) in [4.78, 5) is 23.6. The number of carbonyl (C=O) groups is 2. The van der Waals surface area contributed by atoms with Crippen molar-refractivity contribution in [1.29, 1.82) is 0 Å². The topological polar surface area (TPSA) is 105 Å². The van der Waals surface area contributed by atoms with Gasteiger partial charge in [0, 0.05) is 19.3 Å². The van der Waals surface area contributed by atoms with Crippen molar-refractivity contribution in [1.82, 2.24) is 0 Å². The van der Waals surface area contributed by atoms with E-state index in [1.54, 1.807) is 0 Å². The molecule has 0 spiro atoms. The van der Waals surface area contributed by atoms with Crippen LogP contribution in [0.25, 0.3) is 0 Å². The van der Waals surface area contributed by atoms with Crippen LogP contribution < -0.4 is 11.5 Å². The van der Waals surface area contributed by atoms with Gasteiger partial charge in [0.2, 0.25) is 0 Å². The molecule has 0 saturated heterocycles. The zero-order valence-electron chi connectivity index (χ0n) is 16.5. The molecule has 0 amide bonds. The number of hydrogen-bond acceptors (Lipinski definition) is 6. The Balaban J connectivity index is 3.83. The molecule has 6 nitrogen and oxygen atoms in total. The standard InChI is InChI=1S/C19H38N2O4/c1-14(2)8-16(12-20)10-18(22)24-6-5-7-25-19(23)11-17(13-21)9-15(3)4/h14-17H,5-13,20-21H2,1-4H3/t16-,17-/m0/s1. The summed E-state index contributed by atoms with van der Waals surface area (Å²) in [7, 11) is 0. The van der Waals surface area contributed by atoms with Gasteiger partial charge in [-0.2, -0.15) is 0 Å². The predicted molar refractivity (Wildman–Crippen MR) is 99.8 cm³/mol. The van der Waals surface area contributed by atoms with Gasteiger partial charge in [-0.05, 0) is 49.6 Å². The van der Waals surface area contributed by atoms with Gasteiger partial charge in [-0.1, -0.05) is 27.7 Å². The largest absolute Gasteiger partial charge is 0.466 e. The number of carbonyl (C=O) groups excluding carboxylic acids is 2. The fourth-order valence-electron chi connectivity index (χ4n) is 2.88. The maximum Gasteiger partial charge on any atom is 0.306 e. The normalized spacial score (nSPS) is 13.8. The van der Waals surface area contributed by atoms with Crippen LogP contribution in [0.1, 0.15) is 59.8 Å². The van der Waals surface area contributed by atoms with Gasteiger partial charge >= 0.3 is 11.9 Å². The third-order valence-corrected chi connectivity index (χ3v) is 4.00. The van der Waals surface area contributed by atoms with Crippen LogP contribution in [0.2, 0.25) is 0 Å². The van der Waals surface area contributed by atoms with Crippen LogP contribution in [0.5, 0.6) is 0 Å². The average Bonchev–Trinajstić information content (AvgIpc) is 2.52. The van der Waals surface area contributed by atoms with Gasteiger partial charge in [-0.15, -0.1) is 0 Å². The number of esters is 2. The SMILES string of the molecule is CC(C)C[C@H](CN)CC(=O)OCCCOC(=O)C[C@@H](CN)CC(C)C. The highest BCUT2D eigenvalue weighted by atomic mass is 16.5. The van der Waals surface area contributed by atoms with Crippen molar-refractivity contribution >= 4 is 11.9 Å². The smallest absolute Gasteiger partial charge is 0.306 e. The minimum Gasteiger partial charge on any atom is -0.466 e. The van der Waals surface area contributed by atoms with E-state index in [9.17, 15) is 9.59 Å². The zero-order valence-corrected chi connectivity index (χ0v) is 16.5. The van der Waals surface area contributed by atoms with Crippen LogP contribution in [-0.2, 0) is 19.1 Å². The first-order valence-corrected chi connectivity index (χ1v) is 9.49. The monoisotopic (exact) mass is 358 g/mol. The van der Waals surface area contributed by atoms with Gasteiger partial charge < -0.3 is 20.9 Å². The van der Waals surface area contributed by atoms with Crippen LogP contribution in [0, 0.1) is 23.7 Å². The molecule has 0 heterocycles. The van der Waals surface area contributed by atoms with Gasteiger partial charge in [-0.3, -0.25) is 9.59 Å². The fraction of sp³-hybridized carbons (Fsp3) is 0.895. The highest BCUT2D eigenvalue weighted by Gasteiger charge is 2.16. The molecule has 148 valence electrons. The van der Waals surface area contributed by atoms with E-state index in [-0.39, 0.29) is 37.0 Å². The van der Waals surface area contributed by atoms with Gasteiger partial charge in [0.05, 0.1) is 13.2 Å². The zero-order chi connectivity index (χ0) is 19.2. The second-order valence-electron chi connectivity index (χ2n) is 7.67. The van der Waals surface area contributed by atoms with E-state index in [4.69, 9.17) is 20.9 Å². The van der Waals surface area contributed by atoms with Crippen LogP contribution in [0.3, 0.4) is 0 Å². The lowest BCUT2D eigenvalue weighted by atomic mass is 9.94. The molecule has 0 aliphatic rings. The molecule has 2 atom stereocenters. The van der Waals surface area contributed by atoms with Crippen molar-refractivity contribution in [3.05, 3.63) is 0 Å². The average molecular weight is 359 g/mol. The number of ether oxygens (including phenoxy) is 2. The van der Waals surface area contributed by atoms with E-state index in [1.165, 1.54) is 0 Å². The summed E-state index contributed by atoms with van der Waals surface area (Å²) < 4.78 is 10.4. The van der Waals surface area contributed by atoms with Crippen molar-refractivity contribution in [2.45, 2.75) is 59.8 Å². The summed E-state index contributed by atoms with van der Waals surface area (Å²) in [6.07, 6.45) is 3.04. The van der Waals surface area contributed by atoms with Crippen molar-refractivity contribution in [2.24, 2.45) is 35.1 Å². The van der Waals surface area contributed by atoms with E-state index in [0.29, 0.717) is 44.2 Å². The molecule has 0 aromatic carbocycles. The van der Waals surface area contributed by atoms with Gasteiger partial charge in [0.15, 0.2) is 0 Å². The Labute approximate surface area is 153 Å². The Morgan fingerprint density at radius 3 is 1.40 bits per heavy atom. The van der Waals surface area contributed by atoms with Crippen molar-refractivity contribution in [3.8, 4) is 0 Å². The Hall–Kier alpha value is -1.14. The molecular formula is C19H38N2O4. The minimum absolute atomic E-state index is 0.166. The van der Waals surface area contributed by atoms with Crippen LogP contribution in [0.4, 0.5) is 0 Å². The van der Waals surface area contributed by atoms with Crippen molar-refractivity contribution < 1.29 is 19.1 Å². The molecule has 0 radical (unpaired) electrons. The molecule has 0 saturated carbocycles. The minimum atomic E-state index is -0.234. The third-order valence-electron chi connectivity index (χ3n) is 4.00. The Bertz CT molecular complexity index is 338. The van der Waals surface area contributed by atoms with E-state index >= 15 is 0 Å². The molecule has 0 fully saturated rings. The van der Waals surface area contributed by atoms with E-state index < -0.39 is 0 Å². The number of rotatable bonds is 14. The lowest BCUT2D eigenvalue weighted by molar-refractivity contribution is -0.147. The Kier molecular flexibility index (Phi) is 13.4. The molecule has 0 bridgehead atoms. The van der Waals surface area contributed by atoms with E-state index in [1.807, 2.05) is 0 Å². The van der Waals surface area contributed by atoms with Crippen LogP contribution in [0.15, 0.2) is 0 Å². The maximum absolute atomic E-state index is 11.8. The van der Waals surface area contributed by atoms with Gasteiger partial charge in [0.25, 0.3) is 0 Å². The first-order chi connectivity index (χ1) is 11.8. The fourth-order valence-corrected chi connectivity index (χ4v) is 2.88. The maximum atomic E-state index is 11.8. The quantitative estimate of drug-likeness (QED) is 0.365. The van der Waals surface area contributed by atoms with Crippen LogP contribution in [-0.4, -0.2) is 38.2 Å². The first kappa shape index (κ1) is 23.9. The summed E-state index contributed by atoms with van der Waals surface area (Å²) in [6.45, 7) is 9.94. The van der Waals surface area contributed by atoms with E-state index in [0.717, 1.165) is 12.8 Å². The summed E-state index contributed by atoms with van der Waals surface area (Å²) >= 11 is 0. The number of nitrogens with two attached hydrogens (primary N) is 2. The van der Waals surface area contributed by atoms with Crippen molar-refractivity contribution in [3.63, 3.8) is 0 Å². The molecule has 0 aliphatic heterocycles. The molecule has 0 aromatic heterocycles. The summed E-state index contributed by atoms with van der Waals surface area (Å²) in [5.41, 5.74) is 11.4. The Morgan fingerprint density at radius 2 is 1.12 bits per heavy atom. The van der Waals surface area contributed by atoms with E-state index in [2.05, 4.69) is 27.7 Å². The van der Waals surface area contributed by atoms with Crippen LogP contribution >= 0.6 is 0 Å². The second-order valence-corrected chi connectivity index (χ2v) is 7.67. The molecule has 0 unspecified atom stereocenters. The lowest BCUT2D eigenvalue weighted by Gasteiger charge is -2.16. The molecule has 0 rings (SSSR count). The summed E-state index contributed by atoms with van der Waals surface area (Å²) in [6, 6.07) is 0. The second kappa shape index (κ2) is 14.1. The molecule has 6 heteroatoms. The lowest BCUT2D eigenvalue weighted by Crippen LogP contribution is -2.22. The summed E-state index contributed by atoms with van der Waals surface area (Å²) in [5, 5.41) is 0.